The number of nitrogens with zero attached hydrogens (tertiary/aromatic N) is 3. The largest absolute Gasteiger partial charge is 0.489 e. The molecule has 1 N–H and O–H groups in total. The van der Waals surface area contributed by atoms with Crippen LogP contribution in [0.2, 0.25) is 10.0 Å². The van der Waals surface area contributed by atoms with Crippen LogP contribution in [0.5, 0.6) is 5.75 Å². The molecule has 0 aliphatic carbocycles. The van der Waals surface area contributed by atoms with Gasteiger partial charge in [0.15, 0.2) is 0 Å². The van der Waals surface area contributed by atoms with E-state index in [1.165, 1.54) is 24.0 Å². The molecule has 0 spiro atoms. The van der Waals surface area contributed by atoms with Gasteiger partial charge in [-0.25, -0.2) is 9.48 Å². The first-order chi connectivity index (χ1) is 12.4. The van der Waals surface area contributed by atoms with Gasteiger partial charge in [-0.1, -0.05) is 23.2 Å². The Balaban J connectivity index is 1.56. The molecule has 9 heteroatoms. The lowest BCUT2D eigenvalue weighted by atomic mass is 10.1. The minimum atomic E-state index is -0.352. The third kappa shape index (κ3) is 4.28. The Kier molecular flexibility index (Phi) is 5.68. The molecule has 0 unspecified atom stereocenters. The van der Waals surface area contributed by atoms with Crippen LogP contribution in [0.4, 0.5) is 10.5 Å². The van der Waals surface area contributed by atoms with E-state index in [1.807, 2.05) is 0 Å². The number of likely N-dealkylation sites (tertiary alicyclic amines) is 1. The van der Waals surface area contributed by atoms with Gasteiger partial charge in [-0.2, -0.15) is 5.10 Å². The van der Waals surface area contributed by atoms with Crippen LogP contribution in [0.25, 0.3) is 0 Å². The smallest absolute Gasteiger partial charge is 0.321 e. The zero-order chi connectivity index (χ0) is 18.7. The summed E-state index contributed by atoms with van der Waals surface area (Å²) >= 11 is 12.1. The number of piperidine rings is 1. The summed E-state index contributed by atoms with van der Waals surface area (Å²) in [6.45, 7) is 1.03. The minimum absolute atomic E-state index is 0.0520. The SMILES string of the molecule is Cn1nccc(NC(=O)N2CCC(Oc3cc(Cl)ccc3Cl)CC2)c1=O. The van der Waals surface area contributed by atoms with Crippen molar-refractivity contribution in [1.82, 2.24) is 14.7 Å². The lowest BCUT2D eigenvalue weighted by Gasteiger charge is -2.32. The molecule has 0 atom stereocenters. The van der Waals surface area contributed by atoms with Crippen molar-refractivity contribution in [2.75, 3.05) is 18.4 Å². The lowest BCUT2D eigenvalue weighted by molar-refractivity contribution is 0.115. The number of benzene rings is 1. The maximum Gasteiger partial charge on any atom is 0.321 e. The molecule has 1 saturated heterocycles. The average Bonchev–Trinajstić information content (AvgIpc) is 2.62. The van der Waals surface area contributed by atoms with Crippen LogP contribution in [0.15, 0.2) is 35.3 Å². The average molecular weight is 397 g/mol. The highest BCUT2D eigenvalue weighted by atomic mass is 35.5. The molecule has 7 nitrogen and oxygen atoms in total. The monoisotopic (exact) mass is 396 g/mol. The third-order valence-corrected chi connectivity index (χ3v) is 4.71. The Morgan fingerprint density at radius 2 is 2.00 bits per heavy atom. The molecule has 138 valence electrons. The molecule has 1 fully saturated rings. The Bertz CT molecular complexity index is 863. The van der Waals surface area contributed by atoms with Gasteiger partial charge < -0.3 is 15.0 Å². The Labute approximate surface area is 160 Å². The van der Waals surface area contributed by atoms with Crippen molar-refractivity contribution in [2.24, 2.45) is 7.05 Å². The molecule has 2 heterocycles. The second-order valence-electron chi connectivity index (χ2n) is 5.98. The molecule has 0 bridgehead atoms. The van der Waals surface area contributed by atoms with Gasteiger partial charge in [0.05, 0.1) is 5.02 Å². The Hall–Kier alpha value is -2.25. The van der Waals surface area contributed by atoms with Crippen molar-refractivity contribution in [3.05, 3.63) is 50.9 Å². The molecule has 1 aromatic heterocycles. The van der Waals surface area contributed by atoms with Crippen LogP contribution in [0, 0.1) is 0 Å². The number of halogens is 2. The maximum atomic E-state index is 12.4. The van der Waals surface area contributed by atoms with E-state index in [0.717, 1.165) is 0 Å². The van der Waals surface area contributed by atoms with Crippen molar-refractivity contribution < 1.29 is 9.53 Å². The number of anilines is 1. The summed E-state index contributed by atoms with van der Waals surface area (Å²) in [5.41, 5.74) is -0.147. The van der Waals surface area contributed by atoms with Crippen molar-refractivity contribution in [2.45, 2.75) is 18.9 Å². The number of aromatic nitrogens is 2. The predicted molar refractivity (Wildman–Crippen MR) is 100 cm³/mol. The van der Waals surface area contributed by atoms with Crippen LogP contribution in [0.1, 0.15) is 12.8 Å². The topological polar surface area (TPSA) is 76.5 Å². The fourth-order valence-electron chi connectivity index (χ4n) is 2.72. The highest BCUT2D eigenvalue weighted by molar-refractivity contribution is 6.34. The first kappa shape index (κ1) is 18.5. The number of amides is 2. The van der Waals surface area contributed by atoms with E-state index in [2.05, 4.69) is 10.4 Å². The van der Waals surface area contributed by atoms with Crippen LogP contribution < -0.4 is 15.6 Å². The van der Waals surface area contributed by atoms with E-state index in [4.69, 9.17) is 27.9 Å². The molecular formula is C17H18Cl2N4O3. The summed E-state index contributed by atoms with van der Waals surface area (Å²) < 4.78 is 7.08. The van der Waals surface area contributed by atoms with Gasteiger partial charge in [-0.15, -0.1) is 0 Å². The lowest BCUT2D eigenvalue weighted by Crippen LogP contribution is -2.44. The summed E-state index contributed by atoms with van der Waals surface area (Å²) in [5.74, 6) is 0.544. The second-order valence-corrected chi connectivity index (χ2v) is 6.83. The first-order valence-electron chi connectivity index (χ1n) is 8.14. The van der Waals surface area contributed by atoms with E-state index >= 15 is 0 Å². The second kappa shape index (κ2) is 7.97. The van der Waals surface area contributed by atoms with Crippen LogP contribution in [-0.4, -0.2) is 39.9 Å². The third-order valence-electron chi connectivity index (χ3n) is 4.16. The van der Waals surface area contributed by atoms with Gasteiger partial charge in [0.25, 0.3) is 5.56 Å². The van der Waals surface area contributed by atoms with Crippen LogP contribution in [0.3, 0.4) is 0 Å². The summed E-state index contributed by atoms with van der Waals surface area (Å²) in [7, 11) is 1.53. The van der Waals surface area contributed by atoms with Crippen molar-refractivity contribution >= 4 is 34.9 Å². The zero-order valence-electron chi connectivity index (χ0n) is 14.1. The number of ether oxygens (including phenoxy) is 1. The molecule has 3 rings (SSSR count). The molecule has 0 radical (unpaired) electrons. The van der Waals surface area contributed by atoms with Gasteiger partial charge in [0.1, 0.15) is 17.5 Å². The minimum Gasteiger partial charge on any atom is -0.489 e. The number of urea groups is 1. The number of rotatable bonds is 3. The van der Waals surface area contributed by atoms with Crippen LogP contribution >= 0.6 is 23.2 Å². The molecule has 0 saturated carbocycles. The first-order valence-corrected chi connectivity index (χ1v) is 8.89. The summed E-state index contributed by atoms with van der Waals surface area (Å²) in [6.07, 6.45) is 2.73. The number of hydrogen-bond acceptors (Lipinski definition) is 4. The highest BCUT2D eigenvalue weighted by Crippen LogP contribution is 2.30. The number of hydrogen-bond donors (Lipinski definition) is 1. The number of carbonyl (C=O) groups excluding carboxylic acids is 1. The fraction of sp³-hybridized carbons (Fsp3) is 0.353. The van der Waals surface area contributed by atoms with Gasteiger partial charge in [0, 0.05) is 50.3 Å². The van der Waals surface area contributed by atoms with Crippen molar-refractivity contribution in [3.8, 4) is 5.75 Å². The van der Waals surface area contributed by atoms with Crippen molar-refractivity contribution in [3.63, 3.8) is 0 Å². The molecular weight excluding hydrogens is 379 g/mol. The molecule has 1 aliphatic rings. The summed E-state index contributed by atoms with van der Waals surface area (Å²) in [4.78, 5) is 25.9. The van der Waals surface area contributed by atoms with E-state index in [0.29, 0.717) is 41.7 Å². The van der Waals surface area contributed by atoms with Crippen LogP contribution in [-0.2, 0) is 7.05 Å². The van der Waals surface area contributed by atoms with E-state index in [9.17, 15) is 9.59 Å². The van der Waals surface area contributed by atoms with Gasteiger partial charge >= 0.3 is 6.03 Å². The Morgan fingerprint density at radius 3 is 2.73 bits per heavy atom. The molecule has 1 aromatic carbocycles. The molecule has 1 aliphatic heterocycles. The molecule has 26 heavy (non-hydrogen) atoms. The summed E-state index contributed by atoms with van der Waals surface area (Å²) in [6, 6.07) is 6.25. The zero-order valence-corrected chi connectivity index (χ0v) is 15.6. The van der Waals surface area contributed by atoms with E-state index in [-0.39, 0.29) is 23.4 Å². The molecule has 2 aromatic rings. The van der Waals surface area contributed by atoms with E-state index in [1.54, 1.807) is 23.1 Å². The van der Waals surface area contributed by atoms with Gasteiger partial charge in [-0.05, 0) is 18.2 Å². The Morgan fingerprint density at radius 1 is 1.27 bits per heavy atom. The molecule has 2 amide bonds. The van der Waals surface area contributed by atoms with Gasteiger partial charge in [0.2, 0.25) is 0 Å². The fourth-order valence-corrected chi connectivity index (χ4v) is 3.04. The van der Waals surface area contributed by atoms with Crippen molar-refractivity contribution in [1.29, 1.82) is 0 Å². The highest BCUT2D eigenvalue weighted by Gasteiger charge is 2.25. The summed E-state index contributed by atoms with van der Waals surface area (Å²) in [5, 5.41) is 7.52. The standard InChI is InChI=1S/C17H18Cl2N4O3/c1-22-16(24)14(4-7-20-22)21-17(25)23-8-5-12(6-9-23)26-15-10-11(18)2-3-13(15)19/h2-4,7,10,12H,5-6,8-9H2,1H3,(H,21,25). The quantitative estimate of drug-likeness (QED) is 0.863. The normalized spacial score (nSPS) is 15.0. The van der Waals surface area contributed by atoms with E-state index < -0.39 is 0 Å². The predicted octanol–water partition coefficient (Wildman–Crippen LogP) is 3.16. The number of nitrogens with one attached hydrogen (secondary N) is 1. The number of aryl methyl sites for hydroxylation is 1. The number of carbonyl (C=O) groups is 1. The maximum absolute atomic E-state index is 12.4. The van der Waals surface area contributed by atoms with Gasteiger partial charge in [-0.3, -0.25) is 4.79 Å².